The van der Waals surface area contributed by atoms with E-state index in [0.717, 1.165) is 33.4 Å². The third-order valence-corrected chi connectivity index (χ3v) is 25.0. The molecule has 496 valence electrons. The first-order valence-electron chi connectivity index (χ1n) is 33.1. The zero-order chi connectivity index (χ0) is 64.2. The van der Waals surface area contributed by atoms with Gasteiger partial charge in [-0.25, -0.2) is 0 Å². The van der Waals surface area contributed by atoms with Gasteiger partial charge in [0, 0.05) is 17.4 Å². The van der Waals surface area contributed by atoms with Crippen LogP contribution in [0.25, 0.3) is 0 Å². The number of hydrogen-bond acceptors (Lipinski definition) is 16. The number of hydrogen-bond donors (Lipinski definition) is 1. The maximum absolute atomic E-state index is 13.0. The van der Waals surface area contributed by atoms with Gasteiger partial charge in [-0.15, -0.1) is 0 Å². The van der Waals surface area contributed by atoms with E-state index in [2.05, 4.69) is 55.4 Å². The summed E-state index contributed by atoms with van der Waals surface area (Å²) < 4.78 is 105. The Morgan fingerprint density at radius 1 is 0.467 bits per heavy atom. The van der Waals surface area contributed by atoms with Gasteiger partial charge < -0.3 is 75.8 Å². The van der Waals surface area contributed by atoms with E-state index < -0.39 is 112 Å². The number of aliphatic hydroxyl groups is 1. The van der Waals surface area contributed by atoms with Crippen molar-refractivity contribution in [3.63, 3.8) is 0 Å². The maximum atomic E-state index is 13.0. The topological polar surface area (TPSA) is 159 Å². The van der Waals surface area contributed by atoms with Crippen molar-refractivity contribution in [2.45, 2.75) is 210 Å². The lowest BCUT2D eigenvalue weighted by atomic mass is 9.91. The molecule has 1 N–H and O–H groups in total. The van der Waals surface area contributed by atoms with E-state index in [0.29, 0.717) is 13.2 Å². The van der Waals surface area contributed by atoms with E-state index in [9.17, 15) is 5.11 Å². The van der Waals surface area contributed by atoms with Gasteiger partial charge >= 0.3 is 0 Å². The summed E-state index contributed by atoms with van der Waals surface area (Å²) in [5.41, 5.74) is 5.48. The molecule has 6 aromatic rings. The molecule has 5 aliphatic heterocycles. The van der Waals surface area contributed by atoms with Crippen LogP contribution in [0.1, 0.15) is 102 Å². The molecule has 18 atom stereocenters. The molecule has 0 radical (unpaired) electrons. The van der Waals surface area contributed by atoms with Crippen molar-refractivity contribution >= 4 is 8.32 Å². The Morgan fingerprint density at radius 2 is 0.935 bits per heavy atom. The summed E-state index contributed by atoms with van der Waals surface area (Å²) in [4.78, 5) is 0. The van der Waals surface area contributed by atoms with Crippen molar-refractivity contribution in [3.8, 4) is 0 Å². The zero-order valence-electron chi connectivity index (χ0n) is 54.8. The summed E-state index contributed by atoms with van der Waals surface area (Å²) in [6.07, 6.45) is -13.1. The van der Waals surface area contributed by atoms with Gasteiger partial charge in [0.05, 0.1) is 77.8 Å². The average molecular weight is 1280 g/mol. The van der Waals surface area contributed by atoms with E-state index in [1.54, 1.807) is 0 Å². The molecule has 0 spiro atoms. The smallest absolute Gasteiger partial charge is 0.203 e. The second kappa shape index (κ2) is 32.1. The minimum absolute atomic E-state index is 0.0935. The number of fused-ring (bicyclic) bond motifs is 1. The Labute approximate surface area is 545 Å². The molecule has 5 saturated heterocycles. The summed E-state index contributed by atoms with van der Waals surface area (Å²) >= 11 is 0. The van der Waals surface area contributed by atoms with Gasteiger partial charge in [-0.3, -0.25) is 0 Å². The number of ether oxygens (including phenoxy) is 14. The van der Waals surface area contributed by atoms with Gasteiger partial charge in [-0.05, 0) is 51.4 Å². The van der Waals surface area contributed by atoms with Crippen molar-refractivity contribution in [2.75, 3.05) is 26.4 Å². The van der Waals surface area contributed by atoms with Crippen LogP contribution in [-0.4, -0.2) is 132 Å². The SMILES string of the molecule is CC1O[C@@H](O[Si](C(C)C)(C(C)C)C(C)C)[C@@H](C)C(O[C@@H]2OC(COCc3ccccc3)[C@@H](OCc3ccccc3)C(OCc3ccccc3)[C@H]2O)[C@H]1O[C@@H]1OC[C@@H](C)C(O[C@@H]2OC[C@]3(COCc4ccccc4)O[C@@H](c4ccccc4)OC23)[C@H]1OCc1ccccc1. The number of benzene rings is 6. The quantitative estimate of drug-likeness (QED) is 0.0442. The van der Waals surface area contributed by atoms with E-state index in [4.69, 9.17) is 70.7 Å². The molecule has 0 aromatic heterocycles. The molecular weight excluding hydrogens is 1180 g/mol. The molecule has 6 aromatic carbocycles. The van der Waals surface area contributed by atoms with Gasteiger partial charge in [-0.1, -0.05) is 237 Å². The van der Waals surface area contributed by atoms with E-state index >= 15 is 0 Å². The van der Waals surface area contributed by atoms with Crippen LogP contribution >= 0.6 is 0 Å². The Hall–Kier alpha value is -5.10. The highest BCUT2D eigenvalue weighted by molar-refractivity contribution is 6.77. The number of aliphatic hydroxyl groups excluding tert-OH is 1. The average Bonchev–Trinajstić information content (AvgIpc) is 1.49. The molecule has 0 amide bonds. The third-order valence-electron chi connectivity index (χ3n) is 18.9. The molecule has 5 heterocycles. The van der Waals surface area contributed by atoms with Crippen molar-refractivity contribution in [2.24, 2.45) is 11.8 Å². The summed E-state index contributed by atoms with van der Waals surface area (Å²) in [6, 6.07) is 59.8. The van der Waals surface area contributed by atoms with Gasteiger partial charge in [-0.2, -0.15) is 0 Å². The second-order valence-corrected chi connectivity index (χ2v) is 31.8. The summed E-state index contributed by atoms with van der Waals surface area (Å²) in [5.74, 6) is -0.726. The van der Waals surface area contributed by atoms with Gasteiger partial charge in [0.2, 0.25) is 8.32 Å². The standard InChI is InChI=1S/C75H96O16Si/c1-49(2)92(50(3)4,51(5)6)91-70-53(8)64(87-72-62(76)67(80-44-58-34-22-13-23-35-58)66(79-43-57-32-20-12-21-33-57)61(85-72)46-77-41-55-28-16-10-17-29-55)65(54(9)84-70)88-73-68(81-45-59-36-24-14-25-37-59)63(52(7)40-82-73)86-74-69-75(48-83-74,47-78-42-56-30-18-11-19-31-56)90-71(89-69)60-38-26-15-27-39-60/h10-39,49-54,61-74,76H,40-48H2,1-9H3/t52-,53+,54?,61?,62-,63?,64?,65+,66-,67?,68-,69?,70+,71+,72+,73+,74+,75+/m1/s1. The molecule has 11 rings (SSSR count). The molecule has 5 aliphatic rings. The fourth-order valence-electron chi connectivity index (χ4n) is 14.1. The van der Waals surface area contributed by atoms with Crippen molar-refractivity contribution in [3.05, 3.63) is 215 Å². The van der Waals surface area contributed by atoms with E-state index in [-0.39, 0.29) is 68.8 Å². The van der Waals surface area contributed by atoms with Crippen LogP contribution in [0.2, 0.25) is 16.6 Å². The van der Waals surface area contributed by atoms with Gasteiger partial charge in [0.15, 0.2) is 31.5 Å². The normalized spacial score (nSPS) is 31.7. The zero-order valence-corrected chi connectivity index (χ0v) is 55.8. The summed E-state index contributed by atoms with van der Waals surface area (Å²) in [6.45, 7) is 21.7. The second-order valence-electron chi connectivity index (χ2n) is 26.4. The van der Waals surface area contributed by atoms with E-state index in [1.165, 1.54) is 0 Å². The van der Waals surface area contributed by atoms with Crippen LogP contribution in [0.3, 0.4) is 0 Å². The molecular formula is C75H96O16Si. The van der Waals surface area contributed by atoms with Gasteiger partial charge in [0.25, 0.3) is 0 Å². The van der Waals surface area contributed by atoms with Crippen LogP contribution in [0.5, 0.6) is 0 Å². The Bertz CT molecular complexity index is 3080. The Kier molecular flexibility index (Phi) is 23.8. The first-order valence-corrected chi connectivity index (χ1v) is 35.3. The van der Waals surface area contributed by atoms with Crippen molar-refractivity contribution < 1.29 is 75.8 Å². The molecule has 5 fully saturated rings. The minimum Gasteiger partial charge on any atom is -0.391 e. The molecule has 16 nitrogen and oxygen atoms in total. The van der Waals surface area contributed by atoms with E-state index in [1.807, 2.05) is 189 Å². The highest BCUT2D eigenvalue weighted by Crippen LogP contribution is 2.49. The fourth-order valence-corrected chi connectivity index (χ4v) is 19.6. The lowest BCUT2D eigenvalue weighted by Crippen LogP contribution is -2.65. The first kappa shape index (κ1) is 68.3. The summed E-state index contributed by atoms with van der Waals surface area (Å²) in [7, 11) is -2.61. The van der Waals surface area contributed by atoms with Crippen molar-refractivity contribution in [1.82, 2.24) is 0 Å². The highest BCUT2D eigenvalue weighted by atomic mass is 28.4. The third kappa shape index (κ3) is 16.2. The number of rotatable bonds is 29. The molecule has 0 bridgehead atoms. The largest absolute Gasteiger partial charge is 0.391 e. The monoisotopic (exact) mass is 1280 g/mol. The van der Waals surface area contributed by atoms with Crippen LogP contribution in [0.15, 0.2) is 182 Å². The van der Waals surface area contributed by atoms with Gasteiger partial charge in [0.1, 0.15) is 48.3 Å². The fraction of sp³-hybridized carbons (Fsp3) is 0.520. The molecule has 6 unspecified atom stereocenters. The van der Waals surface area contributed by atoms with Crippen LogP contribution < -0.4 is 0 Å². The first-order chi connectivity index (χ1) is 44.7. The molecule has 0 saturated carbocycles. The minimum atomic E-state index is -2.61. The van der Waals surface area contributed by atoms with Crippen molar-refractivity contribution in [1.29, 1.82) is 0 Å². The lowest BCUT2D eigenvalue weighted by Gasteiger charge is -2.52. The molecule has 0 aliphatic carbocycles. The molecule has 17 heteroatoms. The highest BCUT2D eigenvalue weighted by Gasteiger charge is 2.62. The maximum Gasteiger partial charge on any atom is 0.203 e. The van der Waals surface area contributed by atoms with Crippen LogP contribution in [0.4, 0.5) is 0 Å². The lowest BCUT2D eigenvalue weighted by molar-refractivity contribution is -0.375. The Balaban J connectivity index is 0.920. The predicted octanol–water partition coefficient (Wildman–Crippen LogP) is 13.2. The van der Waals surface area contributed by atoms with Crippen LogP contribution in [-0.2, 0) is 104 Å². The van der Waals surface area contributed by atoms with Crippen LogP contribution in [0, 0.1) is 11.8 Å². The Morgan fingerprint density at radius 3 is 1.47 bits per heavy atom. The summed E-state index contributed by atoms with van der Waals surface area (Å²) in [5, 5.41) is 13.0. The predicted molar refractivity (Wildman–Crippen MR) is 349 cm³/mol. The molecule has 92 heavy (non-hydrogen) atoms.